The van der Waals surface area contributed by atoms with Crippen molar-refractivity contribution in [1.82, 2.24) is 0 Å². The fraction of sp³-hybridized carbons (Fsp3) is 0.111. The van der Waals surface area contributed by atoms with Gasteiger partial charge >= 0.3 is 11.9 Å². The summed E-state index contributed by atoms with van der Waals surface area (Å²) < 4.78 is 24.8. The van der Waals surface area contributed by atoms with Gasteiger partial charge in [-0.15, -0.1) is 0 Å². The molecule has 0 aromatic heterocycles. The first-order valence-electron chi connectivity index (χ1n) is 9.96. The Morgan fingerprint density at radius 1 is 0.750 bits per heavy atom. The average Bonchev–Trinajstić information content (AvgIpc) is 2.76. The standard InChI is InChI=1S/C27H23FO4/c1-17(2)26(29)31-22-11-7-20(8-12-22)15-19-5-9-21(10-6-19)24-14-13-23(16-25(24)28)32-27(30)18(3)4/h5-14,16H,1,3,15H2,2,4H3. The molecule has 0 spiro atoms. The van der Waals surface area contributed by atoms with Crippen LogP contribution < -0.4 is 9.47 Å². The van der Waals surface area contributed by atoms with Crippen LogP contribution in [0, 0.1) is 5.82 Å². The number of rotatable bonds is 7. The molecule has 0 heterocycles. The topological polar surface area (TPSA) is 52.6 Å². The average molecular weight is 430 g/mol. The Morgan fingerprint density at radius 3 is 1.72 bits per heavy atom. The molecule has 5 heteroatoms. The summed E-state index contributed by atoms with van der Waals surface area (Å²) in [4.78, 5) is 23.2. The molecule has 0 aliphatic rings. The molecule has 32 heavy (non-hydrogen) atoms. The highest BCUT2D eigenvalue weighted by atomic mass is 19.1. The van der Waals surface area contributed by atoms with Gasteiger partial charge in [0.05, 0.1) is 0 Å². The fourth-order valence-corrected chi connectivity index (χ4v) is 2.89. The van der Waals surface area contributed by atoms with Crippen molar-refractivity contribution >= 4 is 11.9 Å². The fourth-order valence-electron chi connectivity index (χ4n) is 2.89. The van der Waals surface area contributed by atoms with Crippen LogP contribution in [0.15, 0.2) is 91.0 Å². The van der Waals surface area contributed by atoms with E-state index in [1.807, 2.05) is 36.4 Å². The van der Waals surface area contributed by atoms with E-state index in [-0.39, 0.29) is 11.3 Å². The van der Waals surface area contributed by atoms with Gasteiger partial charge in [0.2, 0.25) is 0 Å². The Balaban J connectivity index is 1.67. The third-order valence-corrected chi connectivity index (χ3v) is 4.66. The molecule has 0 atom stereocenters. The molecule has 3 aromatic carbocycles. The summed E-state index contributed by atoms with van der Waals surface area (Å²) in [6, 6.07) is 19.1. The summed E-state index contributed by atoms with van der Waals surface area (Å²) in [6.45, 7) is 10.2. The number of ether oxygens (including phenoxy) is 2. The van der Waals surface area contributed by atoms with E-state index in [1.165, 1.54) is 13.0 Å². The molecule has 0 saturated carbocycles. The van der Waals surface area contributed by atoms with Gasteiger partial charge in [-0.3, -0.25) is 0 Å². The van der Waals surface area contributed by atoms with Gasteiger partial charge in [-0.2, -0.15) is 0 Å². The summed E-state index contributed by atoms with van der Waals surface area (Å²) >= 11 is 0. The maximum atomic E-state index is 14.6. The molecule has 0 unspecified atom stereocenters. The highest BCUT2D eigenvalue weighted by molar-refractivity contribution is 5.89. The Kier molecular flexibility index (Phi) is 7.00. The van der Waals surface area contributed by atoms with Crippen LogP contribution in [0.4, 0.5) is 4.39 Å². The molecule has 0 aliphatic carbocycles. The van der Waals surface area contributed by atoms with Crippen LogP contribution >= 0.6 is 0 Å². The third kappa shape index (κ3) is 5.79. The predicted octanol–water partition coefficient (Wildman–Crippen LogP) is 6.05. The third-order valence-electron chi connectivity index (χ3n) is 4.66. The lowest BCUT2D eigenvalue weighted by Crippen LogP contribution is -2.08. The van der Waals surface area contributed by atoms with Crippen molar-refractivity contribution in [1.29, 1.82) is 0 Å². The zero-order valence-corrected chi connectivity index (χ0v) is 18.0. The smallest absolute Gasteiger partial charge is 0.338 e. The molecule has 162 valence electrons. The number of hydrogen-bond donors (Lipinski definition) is 0. The van der Waals surface area contributed by atoms with E-state index in [0.29, 0.717) is 28.9 Å². The van der Waals surface area contributed by atoms with Crippen LogP contribution in [0.1, 0.15) is 25.0 Å². The van der Waals surface area contributed by atoms with Crippen molar-refractivity contribution in [3.63, 3.8) is 0 Å². The lowest BCUT2D eigenvalue weighted by Gasteiger charge is -2.09. The first-order valence-corrected chi connectivity index (χ1v) is 9.96. The lowest BCUT2D eigenvalue weighted by atomic mass is 10.00. The van der Waals surface area contributed by atoms with Gasteiger partial charge in [-0.05, 0) is 61.2 Å². The Morgan fingerprint density at radius 2 is 1.22 bits per heavy atom. The summed E-state index contributed by atoms with van der Waals surface area (Å²) in [5, 5.41) is 0. The largest absolute Gasteiger partial charge is 0.423 e. The van der Waals surface area contributed by atoms with Crippen LogP contribution in [0.2, 0.25) is 0 Å². The molecular formula is C27H23FO4. The minimum Gasteiger partial charge on any atom is -0.423 e. The van der Waals surface area contributed by atoms with Crippen LogP contribution in [0.25, 0.3) is 11.1 Å². The summed E-state index contributed by atoms with van der Waals surface area (Å²) in [5.41, 5.74) is 3.80. The molecule has 3 aromatic rings. The molecule has 0 fully saturated rings. The monoisotopic (exact) mass is 430 g/mol. The summed E-state index contributed by atoms with van der Waals surface area (Å²) in [6.07, 6.45) is 0.674. The highest BCUT2D eigenvalue weighted by Gasteiger charge is 2.11. The van der Waals surface area contributed by atoms with E-state index in [9.17, 15) is 14.0 Å². The highest BCUT2D eigenvalue weighted by Crippen LogP contribution is 2.27. The maximum absolute atomic E-state index is 14.6. The first-order chi connectivity index (χ1) is 15.2. The van der Waals surface area contributed by atoms with Crippen LogP contribution in [-0.2, 0) is 16.0 Å². The van der Waals surface area contributed by atoms with Crippen molar-refractivity contribution in [3.05, 3.63) is 108 Å². The summed E-state index contributed by atoms with van der Waals surface area (Å²) in [7, 11) is 0. The minimum absolute atomic E-state index is 0.133. The molecule has 0 radical (unpaired) electrons. The molecular weight excluding hydrogens is 407 g/mol. The zero-order valence-electron chi connectivity index (χ0n) is 18.0. The number of halogens is 1. The SMILES string of the molecule is C=C(C)C(=O)Oc1ccc(Cc2ccc(-c3ccc(OC(=O)C(=C)C)cc3F)cc2)cc1. The van der Waals surface area contributed by atoms with Gasteiger partial charge in [-0.25, -0.2) is 14.0 Å². The second kappa shape index (κ2) is 9.88. The van der Waals surface area contributed by atoms with Gasteiger partial charge in [0.25, 0.3) is 0 Å². The zero-order chi connectivity index (χ0) is 23.3. The molecule has 4 nitrogen and oxygen atoms in total. The minimum atomic E-state index is -0.594. The van der Waals surface area contributed by atoms with E-state index in [4.69, 9.17) is 9.47 Å². The van der Waals surface area contributed by atoms with E-state index in [1.54, 1.807) is 31.2 Å². The van der Waals surface area contributed by atoms with Crippen LogP contribution in [0.3, 0.4) is 0 Å². The van der Waals surface area contributed by atoms with E-state index < -0.39 is 17.8 Å². The number of carbonyl (C=O) groups excluding carboxylic acids is 2. The Hall–Kier alpha value is -3.99. The second-order valence-electron chi connectivity index (χ2n) is 7.50. The van der Waals surface area contributed by atoms with Gasteiger partial charge < -0.3 is 9.47 Å². The predicted molar refractivity (Wildman–Crippen MR) is 122 cm³/mol. The number of hydrogen-bond acceptors (Lipinski definition) is 4. The number of carbonyl (C=O) groups is 2. The molecule has 3 rings (SSSR count). The van der Waals surface area contributed by atoms with E-state index >= 15 is 0 Å². The number of esters is 2. The van der Waals surface area contributed by atoms with Crippen molar-refractivity contribution < 1.29 is 23.5 Å². The van der Waals surface area contributed by atoms with E-state index in [0.717, 1.165) is 11.1 Å². The van der Waals surface area contributed by atoms with Crippen LogP contribution in [-0.4, -0.2) is 11.9 Å². The van der Waals surface area contributed by atoms with Crippen molar-refractivity contribution in [2.24, 2.45) is 0 Å². The molecule has 0 N–H and O–H groups in total. The van der Waals surface area contributed by atoms with E-state index in [2.05, 4.69) is 13.2 Å². The first kappa shape index (κ1) is 22.7. The molecule has 0 bridgehead atoms. The van der Waals surface area contributed by atoms with Crippen molar-refractivity contribution in [2.45, 2.75) is 20.3 Å². The normalized spacial score (nSPS) is 10.3. The lowest BCUT2D eigenvalue weighted by molar-refractivity contribution is -0.130. The maximum Gasteiger partial charge on any atom is 0.338 e. The van der Waals surface area contributed by atoms with Gasteiger partial charge in [0.1, 0.15) is 17.3 Å². The Labute approximate surface area is 186 Å². The van der Waals surface area contributed by atoms with Crippen LogP contribution in [0.5, 0.6) is 11.5 Å². The molecule has 0 aliphatic heterocycles. The second-order valence-corrected chi connectivity index (χ2v) is 7.50. The summed E-state index contributed by atoms with van der Waals surface area (Å²) in [5.74, 6) is -0.936. The molecule has 0 amide bonds. The quantitative estimate of drug-likeness (QED) is 0.260. The van der Waals surface area contributed by atoms with Gasteiger partial charge in [-0.1, -0.05) is 49.6 Å². The Bertz CT molecular complexity index is 1180. The van der Waals surface area contributed by atoms with Gasteiger partial charge in [0, 0.05) is 22.8 Å². The number of benzene rings is 3. The van der Waals surface area contributed by atoms with Crippen molar-refractivity contribution in [3.8, 4) is 22.6 Å². The van der Waals surface area contributed by atoms with Crippen molar-refractivity contribution in [2.75, 3.05) is 0 Å². The molecule has 0 saturated heterocycles. The van der Waals surface area contributed by atoms with Gasteiger partial charge in [0.15, 0.2) is 0 Å².